The van der Waals surface area contributed by atoms with Crippen LogP contribution in [0.15, 0.2) is 42.5 Å². The Labute approximate surface area is 167 Å². The number of benzene rings is 2. The van der Waals surface area contributed by atoms with E-state index in [0.29, 0.717) is 25.1 Å². The van der Waals surface area contributed by atoms with E-state index in [-0.39, 0.29) is 18.0 Å². The molecule has 2 aromatic carbocycles. The topological polar surface area (TPSA) is 49.4 Å². The summed E-state index contributed by atoms with van der Waals surface area (Å²) in [6.45, 7) is 4.55. The summed E-state index contributed by atoms with van der Waals surface area (Å²) in [5.41, 5.74) is 2.00. The molecule has 0 radical (unpaired) electrons. The molecule has 0 spiro atoms. The Morgan fingerprint density at radius 2 is 1.83 bits per heavy atom. The molecule has 2 aromatic rings. The smallest absolute Gasteiger partial charge is 0.338 e. The van der Waals surface area contributed by atoms with Crippen LogP contribution in [0.4, 0.5) is 18.9 Å². The van der Waals surface area contributed by atoms with Crippen molar-refractivity contribution in [1.29, 1.82) is 0 Å². The van der Waals surface area contributed by atoms with E-state index in [1.807, 2.05) is 32.0 Å². The van der Waals surface area contributed by atoms with Crippen molar-refractivity contribution in [3.63, 3.8) is 0 Å². The average Bonchev–Trinajstić information content (AvgIpc) is 2.70. The Bertz CT molecular complexity index is 925. The number of carbonyl (C=O) groups excluding carboxylic acids is 2. The molecule has 0 aromatic heterocycles. The van der Waals surface area contributed by atoms with Gasteiger partial charge < -0.3 is 10.2 Å². The van der Waals surface area contributed by atoms with E-state index in [1.165, 1.54) is 17.0 Å². The van der Waals surface area contributed by atoms with Crippen LogP contribution in [0.25, 0.3) is 0 Å². The quantitative estimate of drug-likeness (QED) is 0.798. The SMILES string of the molecule is Cc1ccc(NC(=O)[C@H]2CCCN(C(=O)c3cccc(C(F)(F)F)c3)C2)cc1C. The fourth-order valence-electron chi connectivity index (χ4n) is 3.45. The predicted octanol–water partition coefficient (Wildman–Crippen LogP) is 4.81. The van der Waals surface area contributed by atoms with E-state index in [9.17, 15) is 22.8 Å². The van der Waals surface area contributed by atoms with E-state index in [2.05, 4.69) is 5.32 Å². The van der Waals surface area contributed by atoms with Crippen LogP contribution >= 0.6 is 0 Å². The van der Waals surface area contributed by atoms with E-state index in [1.54, 1.807) is 0 Å². The fourth-order valence-corrected chi connectivity index (χ4v) is 3.45. The zero-order chi connectivity index (χ0) is 21.2. The molecule has 4 nitrogen and oxygen atoms in total. The van der Waals surface area contributed by atoms with Gasteiger partial charge in [-0.25, -0.2) is 0 Å². The molecule has 1 atom stereocenters. The molecule has 3 rings (SSSR count). The zero-order valence-electron chi connectivity index (χ0n) is 16.3. The lowest BCUT2D eigenvalue weighted by molar-refractivity contribution is -0.137. The van der Waals surface area contributed by atoms with Gasteiger partial charge in [0, 0.05) is 24.3 Å². The third-order valence-corrected chi connectivity index (χ3v) is 5.29. The van der Waals surface area contributed by atoms with Crippen molar-refractivity contribution in [2.45, 2.75) is 32.9 Å². The third kappa shape index (κ3) is 4.96. The molecule has 0 saturated carbocycles. The number of alkyl halides is 3. The Kier molecular flexibility index (Phi) is 5.96. The first-order valence-corrected chi connectivity index (χ1v) is 9.50. The second-order valence-corrected chi connectivity index (χ2v) is 7.46. The highest BCUT2D eigenvalue weighted by atomic mass is 19.4. The van der Waals surface area contributed by atoms with Crippen LogP contribution in [0.3, 0.4) is 0 Å². The van der Waals surface area contributed by atoms with Crippen molar-refractivity contribution in [1.82, 2.24) is 4.90 Å². The van der Waals surface area contributed by atoms with Gasteiger partial charge >= 0.3 is 6.18 Å². The number of hydrogen-bond donors (Lipinski definition) is 1. The number of amides is 2. The summed E-state index contributed by atoms with van der Waals surface area (Å²) >= 11 is 0. The summed E-state index contributed by atoms with van der Waals surface area (Å²) in [5.74, 6) is -1.07. The highest BCUT2D eigenvalue weighted by Gasteiger charge is 2.33. The number of aryl methyl sites for hydroxylation is 2. The standard InChI is InChI=1S/C22H23F3N2O2/c1-14-8-9-19(11-15(14)2)26-20(28)17-6-4-10-27(13-17)21(29)16-5-3-7-18(12-16)22(23,24)25/h3,5,7-9,11-12,17H,4,6,10,13H2,1-2H3,(H,26,28)/t17-/m0/s1. The van der Waals surface area contributed by atoms with Crippen LogP contribution in [0, 0.1) is 19.8 Å². The number of nitrogens with one attached hydrogen (secondary N) is 1. The first kappa shape index (κ1) is 20.9. The minimum Gasteiger partial charge on any atom is -0.338 e. The Hall–Kier alpha value is -2.83. The van der Waals surface area contributed by atoms with Gasteiger partial charge in [-0.05, 0) is 68.1 Å². The van der Waals surface area contributed by atoms with Crippen molar-refractivity contribution in [2.24, 2.45) is 5.92 Å². The number of piperidine rings is 1. The summed E-state index contributed by atoms with van der Waals surface area (Å²) in [6.07, 6.45) is -3.26. The van der Waals surface area contributed by atoms with E-state index in [0.717, 1.165) is 23.3 Å². The van der Waals surface area contributed by atoms with Crippen LogP contribution in [-0.4, -0.2) is 29.8 Å². The maximum absolute atomic E-state index is 12.9. The molecule has 1 fully saturated rings. The molecular weight excluding hydrogens is 381 g/mol. The summed E-state index contributed by atoms with van der Waals surface area (Å²) in [6, 6.07) is 10.0. The highest BCUT2D eigenvalue weighted by Crippen LogP contribution is 2.30. The lowest BCUT2D eigenvalue weighted by atomic mass is 9.96. The van der Waals surface area contributed by atoms with Crippen molar-refractivity contribution in [2.75, 3.05) is 18.4 Å². The predicted molar refractivity (Wildman–Crippen MR) is 105 cm³/mol. The van der Waals surface area contributed by atoms with Crippen LogP contribution in [0.2, 0.25) is 0 Å². The summed E-state index contributed by atoms with van der Waals surface area (Å²) in [4.78, 5) is 26.8. The van der Waals surface area contributed by atoms with E-state index in [4.69, 9.17) is 0 Å². The second kappa shape index (κ2) is 8.27. The molecule has 1 aliphatic heterocycles. The van der Waals surface area contributed by atoms with Crippen LogP contribution < -0.4 is 5.32 Å². The molecule has 7 heteroatoms. The van der Waals surface area contributed by atoms with Gasteiger partial charge in [-0.1, -0.05) is 12.1 Å². The number of carbonyl (C=O) groups is 2. The van der Waals surface area contributed by atoms with Gasteiger partial charge in [-0.15, -0.1) is 0 Å². The molecule has 1 heterocycles. The van der Waals surface area contributed by atoms with Gasteiger partial charge in [-0.2, -0.15) is 13.2 Å². The zero-order valence-corrected chi connectivity index (χ0v) is 16.3. The van der Waals surface area contributed by atoms with E-state index < -0.39 is 23.6 Å². The summed E-state index contributed by atoms with van der Waals surface area (Å²) in [5, 5.41) is 2.88. The number of hydrogen-bond acceptors (Lipinski definition) is 2. The normalized spacial score (nSPS) is 17.1. The Morgan fingerprint density at radius 1 is 1.07 bits per heavy atom. The monoisotopic (exact) mass is 404 g/mol. The Morgan fingerprint density at radius 3 is 2.52 bits per heavy atom. The van der Waals surface area contributed by atoms with Gasteiger partial charge in [0.2, 0.25) is 5.91 Å². The number of rotatable bonds is 3. The van der Waals surface area contributed by atoms with Gasteiger partial charge in [-0.3, -0.25) is 9.59 Å². The van der Waals surface area contributed by atoms with Crippen LogP contribution in [0.5, 0.6) is 0 Å². The molecular formula is C22H23F3N2O2. The largest absolute Gasteiger partial charge is 0.416 e. The molecule has 1 N–H and O–H groups in total. The summed E-state index contributed by atoms with van der Waals surface area (Å²) in [7, 11) is 0. The maximum atomic E-state index is 12.9. The molecule has 1 saturated heterocycles. The fraction of sp³-hybridized carbons (Fsp3) is 0.364. The highest BCUT2D eigenvalue weighted by molar-refractivity contribution is 5.96. The number of anilines is 1. The minimum absolute atomic E-state index is 0.0185. The van der Waals surface area contributed by atoms with Crippen molar-refractivity contribution in [3.8, 4) is 0 Å². The van der Waals surface area contributed by atoms with Gasteiger partial charge in [0.1, 0.15) is 0 Å². The lowest BCUT2D eigenvalue weighted by Gasteiger charge is -2.32. The van der Waals surface area contributed by atoms with Crippen molar-refractivity contribution < 1.29 is 22.8 Å². The third-order valence-electron chi connectivity index (χ3n) is 5.29. The van der Waals surface area contributed by atoms with Gasteiger partial charge in [0.05, 0.1) is 11.5 Å². The number of nitrogens with zero attached hydrogens (tertiary/aromatic N) is 1. The molecule has 0 unspecified atom stereocenters. The van der Waals surface area contributed by atoms with Crippen LogP contribution in [-0.2, 0) is 11.0 Å². The lowest BCUT2D eigenvalue weighted by Crippen LogP contribution is -2.43. The van der Waals surface area contributed by atoms with Gasteiger partial charge in [0.15, 0.2) is 0 Å². The maximum Gasteiger partial charge on any atom is 0.416 e. The van der Waals surface area contributed by atoms with Crippen LogP contribution in [0.1, 0.15) is 39.9 Å². The number of halogens is 3. The molecule has 1 aliphatic rings. The summed E-state index contributed by atoms with van der Waals surface area (Å²) < 4.78 is 38.8. The first-order chi connectivity index (χ1) is 13.6. The molecule has 2 amide bonds. The van der Waals surface area contributed by atoms with Crippen molar-refractivity contribution >= 4 is 17.5 Å². The number of likely N-dealkylation sites (tertiary alicyclic amines) is 1. The average molecular weight is 404 g/mol. The molecule has 0 aliphatic carbocycles. The molecule has 29 heavy (non-hydrogen) atoms. The minimum atomic E-state index is -4.51. The first-order valence-electron chi connectivity index (χ1n) is 9.50. The van der Waals surface area contributed by atoms with E-state index >= 15 is 0 Å². The molecule has 0 bridgehead atoms. The second-order valence-electron chi connectivity index (χ2n) is 7.46. The molecule has 154 valence electrons. The van der Waals surface area contributed by atoms with Crippen molar-refractivity contribution in [3.05, 3.63) is 64.7 Å². The Balaban J connectivity index is 1.69. The van der Waals surface area contributed by atoms with Gasteiger partial charge in [0.25, 0.3) is 5.91 Å².